The quantitative estimate of drug-likeness (QED) is 0.234. The maximum Gasteiger partial charge on any atom is 0.416 e. The molecule has 1 amide bonds. The zero-order chi connectivity index (χ0) is 25.7. The molecule has 0 spiro atoms. The lowest BCUT2D eigenvalue weighted by Crippen LogP contribution is -2.32. The van der Waals surface area contributed by atoms with Gasteiger partial charge < -0.3 is 13.7 Å². The first-order valence-corrected chi connectivity index (χ1v) is 12.3. The maximum absolute atomic E-state index is 13.4. The summed E-state index contributed by atoms with van der Waals surface area (Å²) in [5, 5.41) is 8.62. The standard InChI is InChI=1S/C24H24F3N5O3S/c1-3-10-31(11-4-2)22(33)18-14-35-20(28-18)15-36-23-30-29-21(19-9-6-12-34-19)32(23)17-8-5-7-16(13-17)24(25,26)27/h5-9,12-14H,3-4,10-11,15H2,1-2H3. The molecule has 0 unspecified atom stereocenters. The van der Waals surface area contributed by atoms with Crippen molar-refractivity contribution < 1.29 is 26.8 Å². The minimum absolute atomic E-state index is 0.185. The molecule has 0 fully saturated rings. The Kier molecular flexibility index (Phi) is 7.82. The molecule has 3 heterocycles. The molecular weight excluding hydrogens is 495 g/mol. The fourth-order valence-corrected chi connectivity index (χ4v) is 4.41. The Balaban J connectivity index is 1.60. The highest BCUT2D eigenvalue weighted by Crippen LogP contribution is 2.34. The van der Waals surface area contributed by atoms with Crippen molar-refractivity contribution in [2.75, 3.05) is 13.1 Å². The van der Waals surface area contributed by atoms with Crippen molar-refractivity contribution in [3.05, 3.63) is 66.1 Å². The van der Waals surface area contributed by atoms with E-state index in [-0.39, 0.29) is 34.8 Å². The van der Waals surface area contributed by atoms with Crippen LogP contribution in [0.2, 0.25) is 0 Å². The Morgan fingerprint density at radius 3 is 2.53 bits per heavy atom. The number of alkyl halides is 3. The van der Waals surface area contributed by atoms with Gasteiger partial charge in [-0.3, -0.25) is 9.36 Å². The van der Waals surface area contributed by atoms with Crippen LogP contribution in [0, 0.1) is 0 Å². The van der Waals surface area contributed by atoms with Crippen LogP contribution in [0.15, 0.2) is 62.9 Å². The van der Waals surface area contributed by atoms with E-state index >= 15 is 0 Å². The van der Waals surface area contributed by atoms with Gasteiger partial charge >= 0.3 is 6.18 Å². The predicted octanol–water partition coefficient (Wildman–Crippen LogP) is 6.09. The van der Waals surface area contributed by atoms with E-state index in [0.29, 0.717) is 24.0 Å². The zero-order valence-electron chi connectivity index (χ0n) is 19.7. The van der Waals surface area contributed by atoms with E-state index in [2.05, 4.69) is 15.2 Å². The highest BCUT2D eigenvalue weighted by Gasteiger charge is 2.31. The summed E-state index contributed by atoms with van der Waals surface area (Å²) < 4.78 is 52.5. The molecule has 0 aliphatic carbocycles. The minimum atomic E-state index is -4.51. The van der Waals surface area contributed by atoms with Crippen LogP contribution >= 0.6 is 11.8 Å². The largest absolute Gasteiger partial charge is 0.461 e. The van der Waals surface area contributed by atoms with Crippen molar-refractivity contribution in [2.45, 2.75) is 43.8 Å². The van der Waals surface area contributed by atoms with Gasteiger partial charge in [-0.2, -0.15) is 13.2 Å². The SMILES string of the molecule is CCCN(CCC)C(=O)c1coc(CSc2nnc(-c3ccco3)n2-c2cccc(C(F)(F)F)c2)n1. The monoisotopic (exact) mass is 519 g/mol. The van der Waals surface area contributed by atoms with Crippen LogP contribution in [-0.4, -0.2) is 43.6 Å². The van der Waals surface area contributed by atoms with Crippen molar-refractivity contribution in [1.29, 1.82) is 0 Å². The molecule has 8 nitrogen and oxygen atoms in total. The number of aromatic nitrogens is 4. The first-order valence-electron chi connectivity index (χ1n) is 11.3. The number of carbonyl (C=O) groups is 1. The zero-order valence-corrected chi connectivity index (χ0v) is 20.5. The summed E-state index contributed by atoms with van der Waals surface area (Å²) in [5.74, 6) is 0.868. The number of hydrogen-bond acceptors (Lipinski definition) is 7. The molecule has 4 aromatic rings. The number of benzene rings is 1. The van der Waals surface area contributed by atoms with Crippen LogP contribution in [0.25, 0.3) is 17.3 Å². The molecule has 4 rings (SSSR count). The maximum atomic E-state index is 13.4. The molecule has 36 heavy (non-hydrogen) atoms. The number of nitrogens with zero attached hydrogens (tertiary/aromatic N) is 5. The number of hydrogen-bond donors (Lipinski definition) is 0. The van der Waals surface area contributed by atoms with E-state index in [4.69, 9.17) is 8.83 Å². The third kappa shape index (κ3) is 5.64. The van der Waals surface area contributed by atoms with Crippen molar-refractivity contribution in [3.8, 4) is 17.3 Å². The highest BCUT2D eigenvalue weighted by atomic mass is 32.2. The Bertz CT molecular complexity index is 1290. The molecule has 12 heteroatoms. The van der Waals surface area contributed by atoms with Gasteiger partial charge in [-0.05, 0) is 43.2 Å². The normalized spacial score (nSPS) is 11.7. The van der Waals surface area contributed by atoms with Crippen molar-refractivity contribution in [2.24, 2.45) is 0 Å². The van der Waals surface area contributed by atoms with Crippen LogP contribution in [0.4, 0.5) is 13.2 Å². The Morgan fingerprint density at radius 1 is 1.08 bits per heavy atom. The second kappa shape index (κ2) is 11.0. The molecule has 0 N–H and O–H groups in total. The van der Waals surface area contributed by atoms with Crippen molar-refractivity contribution in [3.63, 3.8) is 0 Å². The van der Waals surface area contributed by atoms with Gasteiger partial charge in [0, 0.05) is 13.1 Å². The van der Waals surface area contributed by atoms with E-state index in [1.165, 1.54) is 41.0 Å². The van der Waals surface area contributed by atoms with Crippen molar-refractivity contribution >= 4 is 17.7 Å². The smallest absolute Gasteiger partial charge is 0.416 e. The van der Waals surface area contributed by atoms with E-state index in [1.54, 1.807) is 17.0 Å². The van der Waals surface area contributed by atoms with Gasteiger partial charge in [-0.15, -0.1) is 10.2 Å². The summed E-state index contributed by atoms with van der Waals surface area (Å²) in [6.45, 7) is 5.25. The number of halogens is 3. The van der Waals surface area contributed by atoms with Crippen LogP contribution in [0.3, 0.4) is 0 Å². The number of furan rings is 1. The first-order chi connectivity index (χ1) is 17.3. The predicted molar refractivity (Wildman–Crippen MR) is 127 cm³/mol. The highest BCUT2D eigenvalue weighted by molar-refractivity contribution is 7.98. The van der Waals surface area contributed by atoms with Crippen LogP contribution in [-0.2, 0) is 11.9 Å². The van der Waals surface area contributed by atoms with Gasteiger partial charge in [0.1, 0.15) is 6.26 Å². The van der Waals surface area contributed by atoms with E-state index in [0.717, 1.165) is 25.0 Å². The molecule has 1 aromatic carbocycles. The second-order valence-electron chi connectivity index (χ2n) is 7.87. The van der Waals surface area contributed by atoms with E-state index < -0.39 is 11.7 Å². The molecule has 0 atom stereocenters. The molecular formula is C24H24F3N5O3S. The lowest BCUT2D eigenvalue weighted by atomic mass is 10.2. The van der Waals surface area contributed by atoms with E-state index in [1.807, 2.05) is 13.8 Å². The molecule has 190 valence electrons. The Morgan fingerprint density at radius 2 is 1.86 bits per heavy atom. The summed E-state index contributed by atoms with van der Waals surface area (Å²) in [6, 6.07) is 8.18. The fourth-order valence-electron chi connectivity index (χ4n) is 3.60. The first kappa shape index (κ1) is 25.5. The molecule has 0 saturated carbocycles. The third-order valence-electron chi connectivity index (χ3n) is 5.18. The number of amides is 1. The minimum Gasteiger partial charge on any atom is -0.461 e. The Hall–Kier alpha value is -3.54. The molecule has 3 aromatic heterocycles. The summed E-state index contributed by atoms with van der Waals surface area (Å²) in [6.07, 6.45) is -0.0844. The summed E-state index contributed by atoms with van der Waals surface area (Å²) in [7, 11) is 0. The van der Waals surface area contributed by atoms with Gasteiger partial charge in [0.2, 0.25) is 11.7 Å². The second-order valence-corrected chi connectivity index (χ2v) is 8.82. The molecule has 0 aliphatic heterocycles. The number of carbonyl (C=O) groups excluding carboxylic acids is 1. The number of oxazole rings is 1. The van der Waals surface area contributed by atoms with Crippen molar-refractivity contribution in [1.82, 2.24) is 24.6 Å². The lowest BCUT2D eigenvalue weighted by molar-refractivity contribution is -0.137. The van der Waals surface area contributed by atoms with Gasteiger partial charge in [0.05, 0.1) is 23.3 Å². The fraction of sp³-hybridized carbons (Fsp3) is 0.333. The number of thioether (sulfide) groups is 1. The van der Waals surface area contributed by atoms with Gasteiger partial charge in [0.25, 0.3) is 5.91 Å². The van der Waals surface area contributed by atoms with Crippen LogP contribution < -0.4 is 0 Å². The topological polar surface area (TPSA) is 90.2 Å². The molecule has 0 saturated heterocycles. The van der Waals surface area contributed by atoms with Crippen LogP contribution in [0.1, 0.15) is 48.6 Å². The molecule has 0 bridgehead atoms. The van der Waals surface area contributed by atoms with Crippen LogP contribution in [0.5, 0.6) is 0 Å². The summed E-state index contributed by atoms with van der Waals surface area (Å²) in [4.78, 5) is 18.8. The average molecular weight is 520 g/mol. The number of rotatable bonds is 10. The van der Waals surface area contributed by atoms with Gasteiger partial charge in [-0.25, -0.2) is 4.98 Å². The van der Waals surface area contributed by atoms with E-state index in [9.17, 15) is 18.0 Å². The summed E-state index contributed by atoms with van der Waals surface area (Å²) >= 11 is 1.17. The average Bonchev–Trinajstić information content (AvgIpc) is 3.62. The molecule has 0 aliphatic rings. The lowest BCUT2D eigenvalue weighted by Gasteiger charge is -2.19. The Labute approximate surface area is 209 Å². The third-order valence-corrected chi connectivity index (χ3v) is 6.09. The van der Waals surface area contributed by atoms with Gasteiger partial charge in [0.15, 0.2) is 16.6 Å². The summed E-state index contributed by atoms with van der Waals surface area (Å²) in [5.41, 5.74) is -0.362. The molecule has 0 radical (unpaired) electrons. The van der Waals surface area contributed by atoms with Gasteiger partial charge in [-0.1, -0.05) is 31.7 Å².